The molecule has 0 spiro atoms. The summed E-state index contributed by atoms with van der Waals surface area (Å²) in [4.78, 5) is 34.8. The lowest BCUT2D eigenvalue weighted by Gasteiger charge is -2.40. The molecule has 222 valence electrons. The van der Waals surface area contributed by atoms with E-state index < -0.39 is 95.2 Å². The molecule has 1 unspecified atom stereocenters. The van der Waals surface area contributed by atoms with Crippen molar-refractivity contribution < 1.29 is 71.7 Å². The minimum absolute atomic E-state index is 0.145. The summed E-state index contributed by atoms with van der Waals surface area (Å²) in [6.45, 7) is 5.81. The first-order chi connectivity index (χ1) is 17.8. The van der Waals surface area contributed by atoms with Gasteiger partial charge in [-0.15, -0.1) is 0 Å². The average molecular weight is 576 g/mol. The van der Waals surface area contributed by atoms with E-state index in [0.717, 1.165) is 0 Å². The lowest BCUT2D eigenvalue weighted by atomic mass is 9.97. The molecule has 0 aromatic rings. The van der Waals surface area contributed by atoms with Crippen molar-refractivity contribution in [2.75, 3.05) is 26.5 Å². The van der Waals surface area contributed by atoms with Gasteiger partial charge in [0.2, 0.25) is 19.5 Å². The van der Waals surface area contributed by atoms with Gasteiger partial charge in [0.1, 0.15) is 30.7 Å². The molecule has 5 atom stereocenters. The van der Waals surface area contributed by atoms with Crippen molar-refractivity contribution >= 4 is 25.8 Å². The van der Waals surface area contributed by atoms with Gasteiger partial charge >= 0.3 is 19.9 Å². The van der Waals surface area contributed by atoms with E-state index in [9.17, 15) is 34.3 Å². The highest BCUT2D eigenvalue weighted by Crippen LogP contribution is 2.48. The Hall–Kier alpha value is -2.04. The topological polar surface area (TPSA) is 215 Å². The van der Waals surface area contributed by atoms with Crippen LogP contribution in [0.15, 0.2) is 0 Å². The predicted octanol–water partition coefficient (Wildman–Crippen LogP) is 0.949. The van der Waals surface area contributed by atoms with Crippen LogP contribution in [-0.2, 0) is 46.8 Å². The second-order valence-electron chi connectivity index (χ2n) is 8.62. The molecule has 1 amide bonds. The fourth-order valence-electron chi connectivity index (χ4n) is 2.88. The maximum atomic E-state index is 13.0. The van der Waals surface area contributed by atoms with Crippen LogP contribution in [-0.4, -0.2) is 103 Å². The standard InChI is InChI=1S/C21H38NO15P/c1-6-7-15(23)22-16-18(25)17(24)14(37-19(16)26)8-30-11-38(29,33-9-31-20(27)35-12(2)3)34-10-32-21(28)36-13(4)5/h12-14,16-19,24-26H,6-11H2,1-5H3,(H,22,23)/t14-,16-,17-,18-,19?/m1/s1. The van der Waals surface area contributed by atoms with E-state index in [1.165, 1.54) is 0 Å². The summed E-state index contributed by atoms with van der Waals surface area (Å²) in [5.74, 6) is -0.449. The van der Waals surface area contributed by atoms with Crippen LogP contribution in [0.2, 0.25) is 0 Å². The first kappa shape index (κ1) is 34.0. The van der Waals surface area contributed by atoms with Crippen molar-refractivity contribution in [3.05, 3.63) is 0 Å². The Morgan fingerprint density at radius 1 is 0.921 bits per heavy atom. The van der Waals surface area contributed by atoms with Gasteiger partial charge in [0.05, 0.1) is 18.8 Å². The predicted molar refractivity (Wildman–Crippen MR) is 125 cm³/mol. The summed E-state index contributed by atoms with van der Waals surface area (Å²) in [5, 5.41) is 33.2. The highest BCUT2D eigenvalue weighted by molar-refractivity contribution is 7.53. The number of aliphatic hydroxyl groups excluding tert-OH is 3. The molecule has 0 bridgehead atoms. The Labute approximate surface area is 220 Å². The number of hydrogen-bond donors (Lipinski definition) is 4. The molecule has 1 saturated heterocycles. The molecule has 0 aliphatic carbocycles. The van der Waals surface area contributed by atoms with Crippen molar-refractivity contribution in [2.24, 2.45) is 0 Å². The fourth-order valence-corrected chi connectivity index (χ4v) is 3.86. The van der Waals surface area contributed by atoms with E-state index in [2.05, 4.69) is 14.8 Å². The molecule has 1 rings (SSSR count). The van der Waals surface area contributed by atoms with Gasteiger partial charge in [0.25, 0.3) is 0 Å². The Morgan fingerprint density at radius 3 is 1.92 bits per heavy atom. The Balaban J connectivity index is 2.70. The van der Waals surface area contributed by atoms with Gasteiger partial charge in [0.15, 0.2) is 6.29 Å². The monoisotopic (exact) mass is 575 g/mol. The van der Waals surface area contributed by atoms with Gasteiger partial charge < -0.3 is 49.1 Å². The number of amides is 1. The molecule has 1 aliphatic heterocycles. The molecule has 4 N–H and O–H groups in total. The quantitative estimate of drug-likeness (QED) is 0.121. The van der Waals surface area contributed by atoms with Crippen LogP contribution in [0.3, 0.4) is 0 Å². The Bertz CT molecular complexity index is 763. The molecule has 0 saturated carbocycles. The molecule has 1 heterocycles. The number of hydrogen-bond acceptors (Lipinski definition) is 15. The highest BCUT2D eigenvalue weighted by Gasteiger charge is 2.44. The van der Waals surface area contributed by atoms with Gasteiger partial charge in [-0.1, -0.05) is 6.92 Å². The van der Waals surface area contributed by atoms with Gasteiger partial charge in [-0.3, -0.25) is 18.4 Å². The van der Waals surface area contributed by atoms with E-state index in [1.807, 2.05) is 0 Å². The smallest absolute Gasteiger partial charge is 0.432 e. The number of aliphatic hydroxyl groups is 3. The van der Waals surface area contributed by atoms with Crippen LogP contribution in [0.5, 0.6) is 0 Å². The molecule has 16 nitrogen and oxygen atoms in total. The van der Waals surface area contributed by atoms with Gasteiger partial charge in [0, 0.05) is 6.42 Å². The number of rotatable bonds is 15. The second-order valence-corrected chi connectivity index (χ2v) is 10.6. The number of ether oxygens (including phenoxy) is 6. The van der Waals surface area contributed by atoms with E-state index in [-0.39, 0.29) is 6.42 Å². The summed E-state index contributed by atoms with van der Waals surface area (Å²) in [5.41, 5.74) is 0. The van der Waals surface area contributed by atoms with Gasteiger partial charge in [-0.2, -0.15) is 0 Å². The molecule has 38 heavy (non-hydrogen) atoms. The Morgan fingerprint density at radius 2 is 1.45 bits per heavy atom. The van der Waals surface area contributed by atoms with Crippen molar-refractivity contribution in [3.8, 4) is 0 Å². The number of carbonyl (C=O) groups is 3. The second kappa shape index (κ2) is 16.8. The zero-order valence-corrected chi connectivity index (χ0v) is 22.9. The summed E-state index contributed by atoms with van der Waals surface area (Å²) in [6.07, 6.45) is -9.50. The van der Waals surface area contributed by atoms with Crippen molar-refractivity contribution in [3.63, 3.8) is 0 Å². The zero-order valence-electron chi connectivity index (χ0n) is 22.0. The average Bonchev–Trinajstić information content (AvgIpc) is 2.79. The van der Waals surface area contributed by atoms with Crippen molar-refractivity contribution in [1.82, 2.24) is 5.32 Å². The van der Waals surface area contributed by atoms with Crippen LogP contribution in [0.4, 0.5) is 9.59 Å². The lowest BCUT2D eigenvalue weighted by molar-refractivity contribution is -0.256. The largest absolute Gasteiger partial charge is 0.510 e. The summed E-state index contributed by atoms with van der Waals surface area (Å²) < 4.78 is 52.3. The zero-order chi connectivity index (χ0) is 28.9. The molecule has 17 heteroatoms. The fraction of sp³-hybridized carbons (Fsp3) is 0.857. The third kappa shape index (κ3) is 12.7. The molecule has 0 aromatic heterocycles. The van der Waals surface area contributed by atoms with E-state index in [4.69, 9.17) is 28.0 Å². The minimum Gasteiger partial charge on any atom is -0.432 e. The van der Waals surface area contributed by atoms with Crippen LogP contribution >= 0.6 is 7.60 Å². The summed E-state index contributed by atoms with van der Waals surface area (Å²) in [7, 11) is -4.26. The van der Waals surface area contributed by atoms with E-state index in [1.54, 1.807) is 34.6 Å². The number of nitrogens with one attached hydrogen (secondary N) is 1. The molecule has 0 radical (unpaired) electrons. The van der Waals surface area contributed by atoms with Gasteiger partial charge in [-0.25, -0.2) is 9.59 Å². The van der Waals surface area contributed by atoms with Crippen LogP contribution in [0.1, 0.15) is 47.5 Å². The maximum absolute atomic E-state index is 13.0. The molecule has 1 fully saturated rings. The van der Waals surface area contributed by atoms with Crippen LogP contribution in [0.25, 0.3) is 0 Å². The first-order valence-corrected chi connectivity index (χ1v) is 13.6. The highest BCUT2D eigenvalue weighted by atomic mass is 31.2. The summed E-state index contributed by atoms with van der Waals surface area (Å²) in [6, 6.07) is -1.29. The lowest BCUT2D eigenvalue weighted by Crippen LogP contribution is -2.64. The van der Waals surface area contributed by atoms with Crippen molar-refractivity contribution in [2.45, 2.75) is 90.3 Å². The maximum Gasteiger partial charge on any atom is 0.510 e. The SMILES string of the molecule is CCCC(=O)N[C@H]1C(O)O[C@H](COCP(=O)(OCOC(=O)OC(C)C)OCOC(=O)OC(C)C)[C@@H](O)[C@@H]1O. The van der Waals surface area contributed by atoms with Gasteiger partial charge in [-0.05, 0) is 34.1 Å². The van der Waals surface area contributed by atoms with E-state index in [0.29, 0.717) is 6.42 Å². The van der Waals surface area contributed by atoms with E-state index >= 15 is 0 Å². The number of carbonyl (C=O) groups excluding carboxylic acids is 3. The molecule has 0 aromatic carbocycles. The third-order valence-electron chi connectivity index (χ3n) is 4.57. The third-order valence-corrected chi connectivity index (χ3v) is 6.07. The molecular weight excluding hydrogens is 537 g/mol. The molecule has 1 aliphatic rings. The van der Waals surface area contributed by atoms with Crippen LogP contribution in [0, 0.1) is 0 Å². The minimum atomic E-state index is -4.26. The Kier molecular flexibility index (Phi) is 15.0. The van der Waals surface area contributed by atoms with Crippen LogP contribution < -0.4 is 5.32 Å². The van der Waals surface area contributed by atoms with Crippen molar-refractivity contribution in [1.29, 1.82) is 0 Å². The summed E-state index contributed by atoms with van der Waals surface area (Å²) >= 11 is 0. The normalized spacial score (nSPS) is 23.7. The molecular formula is C21H38NO15P. The first-order valence-electron chi connectivity index (χ1n) is 11.9.